The quantitative estimate of drug-likeness (QED) is 0.760. The third-order valence-corrected chi connectivity index (χ3v) is 8.90. The predicted molar refractivity (Wildman–Crippen MR) is 135 cm³/mol. The number of likely N-dealkylation sites (tertiary alicyclic amines) is 1. The minimum atomic E-state index is -0.0511. The largest absolute Gasteiger partial charge is 0.378 e. The van der Waals surface area contributed by atoms with E-state index in [2.05, 4.69) is 63.6 Å². The molecule has 3 aliphatic heterocycles. The zero-order chi connectivity index (χ0) is 23.0. The zero-order valence-electron chi connectivity index (χ0n) is 20.2. The summed E-state index contributed by atoms with van der Waals surface area (Å²) in [5.74, 6) is 1.01. The van der Waals surface area contributed by atoms with Gasteiger partial charge in [0, 0.05) is 50.4 Å². The summed E-state index contributed by atoms with van der Waals surface area (Å²) >= 11 is 0. The van der Waals surface area contributed by atoms with E-state index in [1.54, 1.807) is 0 Å². The van der Waals surface area contributed by atoms with Crippen LogP contribution in [0.1, 0.15) is 48.3 Å². The molecule has 5 nitrogen and oxygen atoms in total. The second-order valence-corrected chi connectivity index (χ2v) is 10.6. The fourth-order valence-corrected chi connectivity index (χ4v) is 7.03. The van der Waals surface area contributed by atoms with Gasteiger partial charge in [-0.25, -0.2) is 0 Å². The Morgan fingerprint density at radius 1 is 1.00 bits per heavy atom. The lowest BCUT2D eigenvalue weighted by atomic mass is 9.64. The summed E-state index contributed by atoms with van der Waals surface area (Å²) in [6.45, 7) is 7.04. The normalized spacial score (nSPS) is 27.7. The van der Waals surface area contributed by atoms with Gasteiger partial charge in [-0.2, -0.15) is 0 Å². The van der Waals surface area contributed by atoms with Crippen LogP contribution in [-0.4, -0.2) is 63.3 Å². The predicted octanol–water partition coefficient (Wildman–Crippen LogP) is 3.72. The van der Waals surface area contributed by atoms with Crippen LogP contribution in [0.25, 0.3) is 0 Å². The van der Waals surface area contributed by atoms with E-state index in [-0.39, 0.29) is 11.3 Å². The molecule has 0 radical (unpaired) electrons. The SMILES string of the molecule is O=C(C1CNCC12CCCc1cc(N3CCOCC3)ccc12)N1CCC(c2ccccc2)CC1. The van der Waals surface area contributed by atoms with Gasteiger partial charge in [0.05, 0.1) is 19.1 Å². The first kappa shape index (κ1) is 22.1. The number of rotatable bonds is 3. The molecule has 2 aromatic carbocycles. The molecule has 3 saturated heterocycles. The molecular formula is C29H37N3O2. The van der Waals surface area contributed by atoms with Crippen molar-refractivity contribution in [3.63, 3.8) is 0 Å². The molecule has 5 heteroatoms. The fraction of sp³-hybridized carbons (Fsp3) is 0.552. The molecule has 0 aromatic heterocycles. The number of nitrogens with one attached hydrogen (secondary N) is 1. The first-order valence-electron chi connectivity index (χ1n) is 13.3. The maximum Gasteiger partial charge on any atom is 0.227 e. The van der Waals surface area contributed by atoms with E-state index in [1.807, 2.05) is 0 Å². The molecule has 1 N–H and O–H groups in total. The van der Waals surface area contributed by atoms with Gasteiger partial charge >= 0.3 is 0 Å². The summed E-state index contributed by atoms with van der Waals surface area (Å²) in [7, 11) is 0. The van der Waals surface area contributed by atoms with E-state index in [1.165, 1.54) is 28.8 Å². The van der Waals surface area contributed by atoms with Crippen LogP contribution >= 0.6 is 0 Å². The topological polar surface area (TPSA) is 44.8 Å². The van der Waals surface area contributed by atoms with Crippen molar-refractivity contribution in [3.05, 3.63) is 65.2 Å². The Hall–Kier alpha value is -2.37. The number of hydrogen-bond donors (Lipinski definition) is 1. The lowest BCUT2D eigenvalue weighted by molar-refractivity contribution is -0.138. The number of aryl methyl sites for hydroxylation is 1. The highest BCUT2D eigenvalue weighted by atomic mass is 16.5. The highest BCUT2D eigenvalue weighted by Crippen LogP contribution is 2.47. The number of amides is 1. The van der Waals surface area contributed by atoms with Crippen molar-refractivity contribution >= 4 is 11.6 Å². The van der Waals surface area contributed by atoms with Crippen molar-refractivity contribution in [3.8, 4) is 0 Å². The number of piperidine rings is 1. The number of morpholine rings is 1. The van der Waals surface area contributed by atoms with Crippen LogP contribution in [-0.2, 0) is 21.4 Å². The van der Waals surface area contributed by atoms with E-state index in [0.29, 0.717) is 11.8 Å². The van der Waals surface area contributed by atoms with Crippen LogP contribution in [0, 0.1) is 5.92 Å². The molecule has 1 amide bonds. The van der Waals surface area contributed by atoms with Gasteiger partial charge in [-0.3, -0.25) is 4.79 Å². The van der Waals surface area contributed by atoms with E-state index < -0.39 is 0 Å². The molecule has 1 spiro atoms. The van der Waals surface area contributed by atoms with Crippen LogP contribution in [0.15, 0.2) is 48.5 Å². The Morgan fingerprint density at radius 2 is 1.79 bits per heavy atom. The van der Waals surface area contributed by atoms with Gasteiger partial charge < -0.3 is 19.9 Å². The van der Waals surface area contributed by atoms with Gasteiger partial charge in [-0.15, -0.1) is 0 Å². The Balaban J connectivity index is 1.20. The second kappa shape index (κ2) is 9.35. The molecule has 6 rings (SSSR count). The van der Waals surface area contributed by atoms with Gasteiger partial charge in [0.2, 0.25) is 5.91 Å². The maximum absolute atomic E-state index is 13.9. The van der Waals surface area contributed by atoms with Crippen LogP contribution in [0.4, 0.5) is 5.69 Å². The summed E-state index contributed by atoms with van der Waals surface area (Å²) in [5, 5.41) is 3.63. The average Bonchev–Trinajstić information content (AvgIpc) is 3.33. The molecule has 2 atom stereocenters. The molecule has 2 aromatic rings. The van der Waals surface area contributed by atoms with Gasteiger partial charge in [0.25, 0.3) is 0 Å². The molecule has 4 aliphatic rings. The van der Waals surface area contributed by atoms with E-state index in [9.17, 15) is 4.79 Å². The van der Waals surface area contributed by atoms with Gasteiger partial charge in [0.1, 0.15) is 0 Å². The lowest BCUT2D eigenvalue weighted by Crippen LogP contribution is -2.49. The summed E-state index contributed by atoms with van der Waals surface area (Å²) in [5.41, 5.74) is 5.57. The number of fused-ring (bicyclic) bond motifs is 2. The van der Waals surface area contributed by atoms with Crippen LogP contribution < -0.4 is 10.2 Å². The number of nitrogens with zero attached hydrogens (tertiary/aromatic N) is 2. The highest BCUT2D eigenvalue weighted by Gasteiger charge is 2.51. The Bertz CT molecular complexity index is 1010. The minimum absolute atomic E-state index is 0.0501. The molecule has 2 unspecified atom stereocenters. The first-order chi connectivity index (χ1) is 16.7. The number of hydrogen-bond acceptors (Lipinski definition) is 4. The van der Waals surface area contributed by atoms with Crippen molar-refractivity contribution in [2.75, 3.05) is 57.4 Å². The Kier molecular flexibility index (Phi) is 6.08. The van der Waals surface area contributed by atoms with Crippen LogP contribution in [0.2, 0.25) is 0 Å². The van der Waals surface area contributed by atoms with Crippen LogP contribution in [0.3, 0.4) is 0 Å². The summed E-state index contributed by atoms with van der Waals surface area (Å²) in [4.78, 5) is 18.5. The van der Waals surface area contributed by atoms with Gasteiger partial charge in [0.15, 0.2) is 0 Å². The lowest BCUT2D eigenvalue weighted by Gasteiger charge is -2.43. The Labute approximate surface area is 203 Å². The van der Waals surface area contributed by atoms with E-state index in [0.717, 1.165) is 78.2 Å². The Morgan fingerprint density at radius 3 is 2.59 bits per heavy atom. The van der Waals surface area contributed by atoms with Crippen molar-refractivity contribution in [2.45, 2.75) is 43.4 Å². The van der Waals surface area contributed by atoms with Gasteiger partial charge in [-0.1, -0.05) is 36.4 Å². The number of anilines is 1. The number of carbonyl (C=O) groups excluding carboxylic acids is 1. The van der Waals surface area contributed by atoms with Crippen molar-refractivity contribution in [1.82, 2.24) is 10.2 Å². The summed E-state index contributed by atoms with van der Waals surface area (Å²) < 4.78 is 5.55. The molecule has 1 aliphatic carbocycles. The molecule has 34 heavy (non-hydrogen) atoms. The number of benzene rings is 2. The minimum Gasteiger partial charge on any atom is -0.378 e. The molecule has 0 bridgehead atoms. The average molecular weight is 460 g/mol. The van der Waals surface area contributed by atoms with E-state index in [4.69, 9.17) is 4.74 Å². The van der Waals surface area contributed by atoms with Crippen LogP contribution in [0.5, 0.6) is 0 Å². The highest BCUT2D eigenvalue weighted by molar-refractivity contribution is 5.82. The first-order valence-corrected chi connectivity index (χ1v) is 13.3. The summed E-state index contributed by atoms with van der Waals surface area (Å²) in [6.07, 6.45) is 5.55. The maximum atomic E-state index is 13.9. The number of carbonyl (C=O) groups is 1. The monoisotopic (exact) mass is 459 g/mol. The van der Waals surface area contributed by atoms with E-state index >= 15 is 0 Å². The second-order valence-electron chi connectivity index (χ2n) is 10.6. The molecular weight excluding hydrogens is 422 g/mol. The third-order valence-electron chi connectivity index (χ3n) is 8.90. The third kappa shape index (κ3) is 3.93. The standard InChI is InChI=1S/C29H37N3O2/c33-28(32-13-10-23(11-14-32)22-5-2-1-3-6-22)27-20-30-21-29(27)12-4-7-24-19-25(8-9-26(24)29)31-15-17-34-18-16-31/h1-3,5-6,8-9,19,23,27,30H,4,7,10-18,20-21H2. The molecule has 3 heterocycles. The number of ether oxygens (including phenoxy) is 1. The molecule has 3 fully saturated rings. The van der Waals surface area contributed by atoms with Crippen molar-refractivity contribution < 1.29 is 9.53 Å². The fourth-order valence-electron chi connectivity index (χ4n) is 7.03. The van der Waals surface area contributed by atoms with Crippen molar-refractivity contribution in [1.29, 1.82) is 0 Å². The molecule has 180 valence electrons. The zero-order valence-corrected chi connectivity index (χ0v) is 20.2. The smallest absolute Gasteiger partial charge is 0.227 e. The van der Waals surface area contributed by atoms with Crippen molar-refractivity contribution in [2.24, 2.45) is 5.92 Å². The summed E-state index contributed by atoms with van der Waals surface area (Å²) in [6, 6.07) is 17.9. The molecule has 0 saturated carbocycles. The van der Waals surface area contributed by atoms with Gasteiger partial charge in [-0.05, 0) is 66.8 Å².